The highest BCUT2D eigenvalue weighted by Gasteiger charge is 2.31. The zero-order chi connectivity index (χ0) is 13.4. The lowest BCUT2D eigenvalue weighted by Gasteiger charge is -2.37. The molecule has 0 aromatic heterocycles. The van der Waals surface area contributed by atoms with E-state index in [-0.39, 0.29) is 6.04 Å². The summed E-state index contributed by atoms with van der Waals surface area (Å²) in [5.74, 6) is 1.42. The van der Waals surface area contributed by atoms with Crippen LogP contribution in [-0.4, -0.2) is 13.2 Å². The largest absolute Gasteiger partial charge is 0.497 e. The summed E-state index contributed by atoms with van der Waals surface area (Å²) in [6, 6.07) is 13.0. The van der Waals surface area contributed by atoms with Gasteiger partial charge in [0.05, 0.1) is 7.11 Å². The zero-order valence-electron chi connectivity index (χ0n) is 11.2. The van der Waals surface area contributed by atoms with Gasteiger partial charge in [-0.1, -0.05) is 18.2 Å². The summed E-state index contributed by atoms with van der Waals surface area (Å²) in [6.45, 7) is 0. The fourth-order valence-electron chi connectivity index (χ4n) is 2.85. The highest BCUT2D eigenvalue weighted by Crippen LogP contribution is 2.36. The van der Waals surface area contributed by atoms with E-state index in [1.54, 1.807) is 7.11 Å². The second-order valence-electron chi connectivity index (χ2n) is 5.49. The SMILES string of the molecule is COc1ccc2cc(C(N)C3CC(N)C3)ccc2c1. The summed E-state index contributed by atoms with van der Waals surface area (Å²) in [6.07, 6.45) is 2.09. The van der Waals surface area contributed by atoms with E-state index >= 15 is 0 Å². The molecule has 0 spiro atoms. The second kappa shape index (κ2) is 4.83. The van der Waals surface area contributed by atoms with Gasteiger partial charge < -0.3 is 16.2 Å². The van der Waals surface area contributed by atoms with Crippen LogP contribution in [0.3, 0.4) is 0 Å². The molecule has 1 unspecified atom stereocenters. The molecule has 4 N–H and O–H groups in total. The van der Waals surface area contributed by atoms with Crippen LogP contribution < -0.4 is 16.2 Å². The van der Waals surface area contributed by atoms with Crippen molar-refractivity contribution in [3.63, 3.8) is 0 Å². The molecule has 2 aromatic carbocycles. The number of fused-ring (bicyclic) bond motifs is 1. The molecule has 3 rings (SSSR count). The number of hydrogen-bond acceptors (Lipinski definition) is 3. The van der Waals surface area contributed by atoms with Crippen LogP contribution in [0, 0.1) is 5.92 Å². The Morgan fingerprint density at radius 2 is 1.79 bits per heavy atom. The van der Waals surface area contributed by atoms with Gasteiger partial charge in [0.15, 0.2) is 0 Å². The van der Waals surface area contributed by atoms with Crippen LogP contribution in [0.25, 0.3) is 10.8 Å². The van der Waals surface area contributed by atoms with Crippen molar-refractivity contribution in [1.29, 1.82) is 0 Å². The molecule has 2 aromatic rings. The summed E-state index contributed by atoms with van der Waals surface area (Å²) in [4.78, 5) is 0. The van der Waals surface area contributed by atoms with Gasteiger partial charge in [0.1, 0.15) is 5.75 Å². The molecule has 19 heavy (non-hydrogen) atoms. The molecule has 3 heteroatoms. The fraction of sp³-hybridized carbons (Fsp3) is 0.375. The van der Waals surface area contributed by atoms with Crippen LogP contribution in [-0.2, 0) is 0 Å². The van der Waals surface area contributed by atoms with Crippen LogP contribution in [0.2, 0.25) is 0 Å². The molecule has 1 atom stereocenters. The first kappa shape index (κ1) is 12.5. The van der Waals surface area contributed by atoms with Gasteiger partial charge in [0.2, 0.25) is 0 Å². The molecule has 0 heterocycles. The van der Waals surface area contributed by atoms with E-state index in [2.05, 4.69) is 24.3 Å². The molecule has 1 aliphatic rings. The molecule has 100 valence electrons. The van der Waals surface area contributed by atoms with Crippen molar-refractivity contribution in [3.05, 3.63) is 42.0 Å². The second-order valence-corrected chi connectivity index (χ2v) is 5.49. The summed E-state index contributed by atoms with van der Waals surface area (Å²) in [5, 5.41) is 2.39. The van der Waals surface area contributed by atoms with Gasteiger partial charge in [0, 0.05) is 12.1 Å². The Hall–Kier alpha value is -1.58. The summed E-state index contributed by atoms with van der Waals surface area (Å²) in [5.41, 5.74) is 13.4. The zero-order valence-corrected chi connectivity index (χ0v) is 11.2. The predicted molar refractivity (Wildman–Crippen MR) is 78.1 cm³/mol. The molecule has 0 saturated heterocycles. The molecule has 0 bridgehead atoms. The Kier molecular flexibility index (Phi) is 3.17. The number of rotatable bonds is 3. The predicted octanol–water partition coefficient (Wildman–Crippen LogP) is 2.59. The highest BCUT2D eigenvalue weighted by atomic mass is 16.5. The van der Waals surface area contributed by atoms with E-state index in [1.807, 2.05) is 12.1 Å². The maximum Gasteiger partial charge on any atom is 0.119 e. The Labute approximate surface area is 113 Å². The number of nitrogens with two attached hydrogens (primary N) is 2. The molecular weight excluding hydrogens is 236 g/mol. The first-order valence-electron chi connectivity index (χ1n) is 6.76. The smallest absolute Gasteiger partial charge is 0.119 e. The Morgan fingerprint density at radius 3 is 2.47 bits per heavy atom. The molecule has 0 amide bonds. The summed E-state index contributed by atoms with van der Waals surface area (Å²) >= 11 is 0. The standard InChI is InChI=1S/C16H20N2O/c1-19-15-5-4-10-6-12(3-2-11(10)9-15)16(18)13-7-14(17)8-13/h2-6,9,13-14,16H,7-8,17-18H2,1H3. The van der Waals surface area contributed by atoms with Crippen LogP contribution in [0.5, 0.6) is 5.75 Å². The topological polar surface area (TPSA) is 61.3 Å². The lowest BCUT2D eigenvalue weighted by Crippen LogP contribution is -2.41. The van der Waals surface area contributed by atoms with E-state index in [4.69, 9.17) is 16.2 Å². The molecule has 1 saturated carbocycles. The average molecular weight is 256 g/mol. The van der Waals surface area contributed by atoms with Crippen LogP contribution in [0.15, 0.2) is 36.4 Å². The molecule has 1 aliphatic carbocycles. The van der Waals surface area contributed by atoms with Crippen molar-refractivity contribution in [2.24, 2.45) is 17.4 Å². The highest BCUT2D eigenvalue weighted by molar-refractivity contribution is 5.84. The van der Waals surface area contributed by atoms with E-state index < -0.39 is 0 Å². The molecule has 1 fully saturated rings. The average Bonchev–Trinajstić information content (AvgIpc) is 2.42. The van der Waals surface area contributed by atoms with Crippen LogP contribution >= 0.6 is 0 Å². The van der Waals surface area contributed by atoms with Crippen LogP contribution in [0.4, 0.5) is 0 Å². The van der Waals surface area contributed by atoms with Gasteiger partial charge in [0.25, 0.3) is 0 Å². The van der Waals surface area contributed by atoms with Gasteiger partial charge in [-0.15, -0.1) is 0 Å². The summed E-state index contributed by atoms with van der Waals surface area (Å²) in [7, 11) is 1.69. The van der Waals surface area contributed by atoms with Gasteiger partial charge >= 0.3 is 0 Å². The number of hydrogen-bond donors (Lipinski definition) is 2. The first-order valence-corrected chi connectivity index (χ1v) is 6.76. The maximum absolute atomic E-state index is 6.33. The van der Waals surface area contributed by atoms with E-state index in [9.17, 15) is 0 Å². The minimum Gasteiger partial charge on any atom is -0.497 e. The molecule has 3 nitrogen and oxygen atoms in total. The Balaban J connectivity index is 1.89. The van der Waals surface area contributed by atoms with Crippen molar-refractivity contribution >= 4 is 10.8 Å². The third-order valence-corrected chi connectivity index (χ3v) is 4.18. The number of benzene rings is 2. The van der Waals surface area contributed by atoms with E-state index in [1.165, 1.54) is 16.3 Å². The minimum atomic E-state index is 0.103. The first-order chi connectivity index (χ1) is 9.17. The van der Waals surface area contributed by atoms with E-state index in [0.717, 1.165) is 18.6 Å². The van der Waals surface area contributed by atoms with Crippen molar-refractivity contribution in [2.75, 3.05) is 7.11 Å². The van der Waals surface area contributed by atoms with Crippen molar-refractivity contribution in [3.8, 4) is 5.75 Å². The lowest BCUT2D eigenvalue weighted by molar-refractivity contribution is 0.224. The van der Waals surface area contributed by atoms with Crippen molar-refractivity contribution in [2.45, 2.75) is 24.9 Å². The van der Waals surface area contributed by atoms with Gasteiger partial charge in [-0.2, -0.15) is 0 Å². The monoisotopic (exact) mass is 256 g/mol. The molecule has 0 radical (unpaired) electrons. The van der Waals surface area contributed by atoms with Gasteiger partial charge in [-0.05, 0) is 53.3 Å². The molecule has 0 aliphatic heterocycles. The quantitative estimate of drug-likeness (QED) is 0.887. The van der Waals surface area contributed by atoms with Gasteiger partial charge in [-0.25, -0.2) is 0 Å². The van der Waals surface area contributed by atoms with Crippen molar-refractivity contribution in [1.82, 2.24) is 0 Å². The van der Waals surface area contributed by atoms with Crippen LogP contribution in [0.1, 0.15) is 24.4 Å². The number of methoxy groups -OCH3 is 1. The van der Waals surface area contributed by atoms with Crippen molar-refractivity contribution < 1.29 is 4.74 Å². The summed E-state index contributed by atoms with van der Waals surface area (Å²) < 4.78 is 5.24. The fourth-order valence-corrected chi connectivity index (χ4v) is 2.85. The van der Waals surface area contributed by atoms with E-state index in [0.29, 0.717) is 12.0 Å². The maximum atomic E-state index is 6.33. The molecular formula is C16H20N2O. The minimum absolute atomic E-state index is 0.103. The van der Waals surface area contributed by atoms with Gasteiger partial charge in [-0.3, -0.25) is 0 Å². The number of ether oxygens (including phenoxy) is 1. The third kappa shape index (κ3) is 2.31. The Morgan fingerprint density at radius 1 is 1.11 bits per heavy atom. The normalized spacial score (nSPS) is 23.9. The Bertz CT molecular complexity index is 590. The third-order valence-electron chi connectivity index (χ3n) is 4.18. The lowest BCUT2D eigenvalue weighted by atomic mass is 9.74.